The first-order chi connectivity index (χ1) is 8.65. The maximum absolute atomic E-state index is 11.9. The van der Waals surface area contributed by atoms with Crippen LogP contribution >= 0.6 is 0 Å². The van der Waals surface area contributed by atoms with E-state index in [9.17, 15) is 9.59 Å². The molecule has 96 valence electrons. The van der Waals surface area contributed by atoms with Gasteiger partial charge in [0, 0.05) is 24.7 Å². The number of rotatable bonds is 3. The van der Waals surface area contributed by atoms with Gasteiger partial charge in [0.25, 0.3) is 0 Å². The van der Waals surface area contributed by atoms with Crippen LogP contribution in [-0.4, -0.2) is 25.5 Å². The normalized spacial score (nSPS) is 18.9. The molecule has 3 N–H and O–H groups in total. The van der Waals surface area contributed by atoms with Crippen molar-refractivity contribution < 1.29 is 14.3 Å². The number of amides is 2. The van der Waals surface area contributed by atoms with E-state index in [4.69, 9.17) is 10.6 Å². The lowest BCUT2D eigenvalue weighted by Crippen LogP contribution is -2.37. The molecule has 1 heterocycles. The van der Waals surface area contributed by atoms with Crippen LogP contribution in [-0.2, 0) is 9.59 Å². The van der Waals surface area contributed by atoms with Crippen LogP contribution in [0.3, 0.4) is 0 Å². The van der Waals surface area contributed by atoms with Crippen molar-refractivity contribution in [1.82, 2.24) is 5.43 Å². The highest BCUT2D eigenvalue weighted by Crippen LogP contribution is 2.27. The van der Waals surface area contributed by atoms with E-state index < -0.39 is 5.92 Å². The molecule has 2 rings (SSSR count). The topological polar surface area (TPSA) is 84.7 Å². The van der Waals surface area contributed by atoms with Crippen LogP contribution in [0.5, 0.6) is 5.75 Å². The number of hydrazine groups is 1. The van der Waals surface area contributed by atoms with Gasteiger partial charge in [0.1, 0.15) is 5.75 Å². The van der Waals surface area contributed by atoms with Gasteiger partial charge in [-0.1, -0.05) is 6.07 Å². The Kier molecular flexibility index (Phi) is 3.47. The van der Waals surface area contributed by atoms with Crippen molar-refractivity contribution in [3.05, 3.63) is 24.3 Å². The summed E-state index contributed by atoms with van der Waals surface area (Å²) in [5.74, 6) is 4.96. The summed E-state index contributed by atoms with van der Waals surface area (Å²) < 4.78 is 5.11. The first-order valence-corrected chi connectivity index (χ1v) is 5.60. The van der Waals surface area contributed by atoms with Crippen LogP contribution in [0.15, 0.2) is 24.3 Å². The maximum Gasteiger partial charge on any atom is 0.239 e. The number of nitrogens with one attached hydrogen (secondary N) is 1. The monoisotopic (exact) mass is 249 g/mol. The molecule has 0 spiro atoms. The van der Waals surface area contributed by atoms with E-state index in [1.165, 1.54) is 0 Å². The van der Waals surface area contributed by atoms with Gasteiger partial charge in [0.2, 0.25) is 11.8 Å². The number of anilines is 1. The number of nitrogens with two attached hydrogens (primary N) is 1. The van der Waals surface area contributed by atoms with Crippen molar-refractivity contribution in [2.24, 2.45) is 11.8 Å². The van der Waals surface area contributed by atoms with Crippen molar-refractivity contribution >= 4 is 17.5 Å². The molecular formula is C12H15N3O3. The molecule has 1 unspecified atom stereocenters. The Hall–Kier alpha value is -2.08. The second-order valence-corrected chi connectivity index (χ2v) is 4.12. The summed E-state index contributed by atoms with van der Waals surface area (Å²) in [5, 5.41) is 0. The number of nitrogens with zero attached hydrogens (tertiary/aromatic N) is 1. The zero-order valence-corrected chi connectivity index (χ0v) is 10.1. The molecule has 0 radical (unpaired) electrons. The van der Waals surface area contributed by atoms with E-state index in [-0.39, 0.29) is 18.2 Å². The number of carbonyl (C=O) groups excluding carboxylic acids is 2. The van der Waals surface area contributed by atoms with Gasteiger partial charge in [-0.2, -0.15) is 0 Å². The van der Waals surface area contributed by atoms with Crippen LogP contribution < -0.4 is 20.9 Å². The third-order valence-corrected chi connectivity index (χ3v) is 3.00. The fourth-order valence-electron chi connectivity index (χ4n) is 2.03. The van der Waals surface area contributed by atoms with E-state index in [0.29, 0.717) is 12.3 Å². The molecule has 6 heteroatoms. The average Bonchev–Trinajstić information content (AvgIpc) is 2.80. The lowest BCUT2D eigenvalue weighted by Gasteiger charge is -2.17. The Labute approximate surface area is 105 Å². The summed E-state index contributed by atoms with van der Waals surface area (Å²) >= 11 is 0. The van der Waals surface area contributed by atoms with Crippen molar-refractivity contribution in [3.63, 3.8) is 0 Å². The Balaban J connectivity index is 2.18. The van der Waals surface area contributed by atoms with E-state index in [1.807, 2.05) is 6.07 Å². The SMILES string of the molecule is COc1cccc(N2CC(C(=O)NN)CC2=O)c1. The molecule has 1 aliphatic rings. The molecule has 0 saturated carbocycles. The summed E-state index contributed by atoms with van der Waals surface area (Å²) in [4.78, 5) is 24.9. The minimum absolute atomic E-state index is 0.0862. The largest absolute Gasteiger partial charge is 0.497 e. The summed E-state index contributed by atoms with van der Waals surface area (Å²) in [7, 11) is 1.57. The summed E-state index contributed by atoms with van der Waals surface area (Å²) in [5.41, 5.74) is 2.81. The Bertz CT molecular complexity index is 475. The average molecular weight is 249 g/mol. The zero-order valence-electron chi connectivity index (χ0n) is 10.1. The van der Waals surface area contributed by atoms with Crippen LogP contribution in [0.4, 0.5) is 5.69 Å². The van der Waals surface area contributed by atoms with Crippen LogP contribution in [0.1, 0.15) is 6.42 Å². The van der Waals surface area contributed by atoms with Crippen molar-refractivity contribution in [3.8, 4) is 5.75 Å². The van der Waals surface area contributed by atoms with E-state index in [1.54, 1.807) is 30.2 Å². The number of hydrogen-bond acceptors (Lipinski definition) is 4. The molecule has 0 aliphatic carbocycles. The van der Waals surface area contributed by atoms with Crippen LogP contribution in [0.2, 0.25) is 0 Å². The molecular weight excluding hydrogens is 234 g/mol. The quantitative estimate of drug-likeness (QED) is 0.450. The summed E-state index contributed by atoms with van der Waals surface area (Å²) in [6, 6.07) is 7.18. The molecule has 1 aromatic carbocycles. The van der Waals surface area contributed by atoms with Gasteiger partial charge in [-0.3, -0.25) is 15.0 Å². The van der Waals surface area contributed by atoms with Gasteiger partial charge < -0.3 is 9.64 Å². The maximum atomic E-state index is 11.9. The zero-order chi connectivity index (χ0) is 13.1. The molecule has 6 nitrogen and oxygen atoms in total. The third kappa shape index (κ3) is 2.28. The van der Waals surface area contributed by atoms with Gasteiger partial charge in [-0.15, -0.1) is 0 Å². The second-order valence-electron chi connectivity index (χ2n) is 4.12. The molecule has 1 aromatic rings. The van der Waals surface area contributed by atoms with Crippen molar-refractivity contribution in [2.45, 2.75) is 6.42 Å². The lowest BCUT2D eigenvalue weighted by molar-refractivity contribution is -0.126. The fraction of sp³-hybridized carbons (Fsp3) is 0.333. The number of ether oxygens (including phenoxy) is 1. The number of benzene rings is 1. The Morgan fingerprint density at radius 3 is 3.00 bits per heavy atom. The van der Waals surface area contributed by atoms with Gasteiger partial charge in [-0.05, 0) is 12.1 Å². The third-order valence-electron chi connectivity index (χ3n) is 3.00. The predicted octanol–water partition coefficient (Wildman–Crippen LogP) is 0.0380. The van der Waals surface area contributed by atoms with Crippen LogP contribution in [0.25, 0.3) is 0 Å². The van der Waals surface area contributed by atoms with Crippen LogP contribution in [0, 0.1) is 5.92 Å². The highest BCUT2D eigenvalue weighted by Gasteiger charge is 2.34. The summed E-state index contributed by atoms with van der Waals surface area (Å²) in [6.07, 6.45) is 0.181. The smallest absolute Gasteiger partial charge is 0.239 e. The number of hydrogen-bond donors (Lipinski definition) is 2. The molecule has 1 saturated heterocycles. The van der Waals surface area contributed by atoms with E-state index >= 15 is 0 Å². The second kappa shape index (κ2) is 5.05. The number of carbonyl (C=O) groups is 2. The number of methoxy groups -OCH3 is 1. The molecule has 0 bridgehead atoms. The molecule has 1 aliphatic heterocycles. The minimum Gasteiger partial charge on any atom is -0.497 e. The minimum atomic E-state index is -0.395. The van der Waals surface area contributed by atoms with Gasteiger partial charge in [-0.25, -0.2) is 5.84 Å². The van der Waals surface area contributed by atoms with Gasteiger partial charge >= 0.3 is 0 Å². The lowest BCUT2D eigenvalue weighted by atomic mass is 10.1. The van der Waals surface area contributed by atoms with Crippen molar-refractivity contribution in [1.29, 1.82) is 0 Å². The first-order valence-electron chi connectivity index (χ1n) is 5.60. The standard InChI is InChI=1S/C12H15N3O3/c1-18-10-4-2-3-9(6-10)15-7-8(5-11(15)16)12(17)14-13/h2-4,6,8H,5,7,13H2,1H3,(H,14,17). The molecule has 1 fully saturated rings. The van der Waals surface area contributed by atoms with E-state index in [0.717, 1.165) is 5.69 Å². The molecule has 18 heavy (non-hydrogen) atoms. The molecule has 2 amide bonds. The van der Waals surface area contributed by atoms with Gasteiger partial charge in [0.15, 0.2) is 0 Å². The first kappa shape index (κ1) is 12.4. The fourth-order valence-corrected chi connectivity index (χ4v) is 2.03. The highest BCUT2D eigenvalue weighted by molar-refractivity contribution is 6.00. The predicted molar refractivity (Wildman–Crippen MR) is 65.8 cm³/mol. The molecule has 1 atom stereocenters. The summed E-state index contributed by atoms with van der Waals surface area (Å²) in [6.45, 7) is 0.342. The Morgan fingerprint density at radius 2 is 2.33 bits per heavy atom. The molecule has 0 aromatic heterocycles. The van der Waals surface area contributed by atoms with E-state index in [2.05, 4.69) is 5.43 Å². The van der Waals surface area contributed by atoms with Gasteiger partial charge in [0.05, 0.1) is 13.0 Å². The highest BCUT2D eigenvalue weighted by atomic mass is 16.5. The van der Waals surface area contributed by atoms with Crippen molar-refractivity contribution in [2.75, 3.05) is 18.6 Å². The Morgan fingerprint density at radius 1 is 1.56 bits per heavy atom.